The van der Waals surface area contributed by atoms with Gasteiger partial charge in [-0.2, -0.15) is 0 Å². The molecule has 0 spiro atoms. The summed E-state index contributed by atoms with van der Waals surface area (Å²) in [5, 5.41) is 0. The number of hydrogen-bond acceptors (Lipinski definition) is 8. The van der Waals surface area contributed by atoms with Crippen LogP contribution in [0.15, 0.2) is 97.2 Å². The summed E-state index contributed by atoms with van der Waals surface area (Å²) < 4.78 is 33.1. The van der Waals surface area contributed by atoms with Crippen molar-refractivity contribution in [2.24, 2.45) is 5.73 Å². The van der Waals surface area contributed by atoms with Crippen molar-refractivity contribution in [1.82, 2.24) is 0 Å². The molecule has 0 rings (SSSR count). The molecule has 0 aliphatic heterocycles. The Morgan fingerprint density at radius 1 is 0.360 bits per heavy atom. The second-order valence-electron chi connectivity index (χ2n) is 24.1. The molecular weight excluding hydrogens is 1090 g/mol. The van der Waals surface area contributed by atoms with E-state index < -0.39 is 26.5 Å². The minimum atomic E-state index is -4.41. The normalized spacial score (nSPS) is 13.5. The Hall–Kier alpha value is -3.07. The first kappa shape index (κ1) is 82.9. The van der Waals surface area contributed by atoms with Gasteiger partial charge in [0.1, 0.15) is 6.61 Å². The van der Waals surface area contributed by atoms with Crippen LogP contribution in [0.1, 0.15) is 341 Å². The molecule has 0 amide bonds. The van der Waals surface area contributed by atoms with Gasteiger partial charge in [-0.1, -0.05) is 349 Å². The molecule has 0 aromatic heterocycles. The molecule has 0 fully saturated rings. The van der Waals surface area contributed by atoms with Crippen molar-refractivity contribution >= 4 is 19.8 Å². The second-order valence-corrected chi connectivity index (χ2v) is 25.5. The van der Waals surface area contributed by atoms with Crippen LogP contribution < -0.4 is 5.73 Å². The van der Waals surface area contributed by atoms with E-state index in [0.717, 1.165) is 83.5 Å². The molecule has 2 unspecified atom stereocenters. The highest BCUT2D eigenvalue weighted by Crippen LogP contribution is 2.43. The number of phosphoric acid groups is 1. The lowest BCUT2D eigenvalue weighted by Crippen LogP contribution is -2.29. The Morgan fingerprint density at radius 3 is 0.953 bits per heavy atom. The van der Waals surface area contributed by atoms with Gasteiger partial charge in [-0.05, 0) is 77.0 Å². The van der Waals surface area contributed by atoms with Gasteiger partial charge < -0.3 is 20.1 Å². The maximum Gasteiger partial charge on any atom is 0.472 e. The van der Waals surface area contributed by atoms with Gasteiger partial charge in [0.15, 0.2) is 6.10 Å². The smallest absolute Gasteiger partial charge is 0.462 e. The van der Waals surface area contributed by atoms with Crippen LogP contribution in [0.5, 0.6) is 0 Å². The lowest BCUT2D eigenvalue weighted by molar-refractivity contribution is -0.161. The Bertz CT molecular complexity index is 1730. The topological polar surface area (TPSA) is 134 Å². The molecule has 2 atom stereocenters. The lowest BCUT2D eigenvalue weighted by atomic mass is 10.0. The molecular formula is C76H136NO8P. The monoisotopic (exact) mass is 1220 g/mol. The SMILES string of the molecule is CC/C=C\C/C=C\C/C=C\C/C=C\C/C=C\C/C=C\C/C=C\C/C=C\CCCCC(=O)OC(COC(=O)CCCCCCCCCCCCCCCCCCCCCCCCCCCCCCCCCCCCCCCC)COP(=O)(O)OCCN. The predicted octanol–water partition coefficient (Wildman–Crippen LogP) is 23.9. The highest BCUT2D eigenvalue weighted by atomic mass is 31.2. The third kappa shape index (κ3) is 70.0. The summed E-state index contributed by atoms with van der Waals surface area (Å²) in [5.74, 6) is -0.872. The number of ether oxygens (including phenoxy) is 2. The van der Waals surface area contributed by atoms with E-state index in [2.05, 4.69) is 111 Å². The van der Waals surface area contributed by atoms with Gasteiger partial charge in [-0.25, -0.2) is 4.57 Å². The fourth-order valence-corrected chi connectivity index (χ4v) is 11.2. The van der Waals surface area contributed by atoms with Gasteiger partial charge in [0, 0.05) is 19.4 Å². The van der Waals surface area contributed by atoms with E-state index in [1.807, 2.05) is 0 Å². The van der Waals surface area contributed by atoms with Crippen LogP contribution in [0.3, 0.4) is 0 Å². The van der Waals surface area contributed by atoms with Crippen molar-refractivity contribution in [2.45, 2.75) is 347 Å². The largest absolute Gasteiger partial charge is 0.472 e. The van der Waals surface area contributed by atoms with E-state index in [4.69, 9.17) is 24.3 Å². The summed E-state index contributed by atoms with van der Waals surface area (Å²) in [4.78, 5) is 35.3. The minimum absolute atomic E-state index is 0.0424. The first-order valence-corrected chi connectivity index (χ1v) is 37.7. The van der Waals surface area contributed by atoms with E-state index in [-0.39, 0.29) is 38.6 Å². The third-order valence-corrected chi connectivity index (χ3v) is 16.7. The quantitative estimate of drug-likeness (QED) is 0.0264. The number of nitrogens with two attached hydrogens (primary N) is 1. The van der Waals surface area contributed by atoms with Gasteiger partial charge in [0.25, 0.3) is 0 Å². The molecule has 86 heavy (non-hydrogen) atoms. The molecule has 0 bridgehead atoms. The van der Waals surface area contributed by atoms with Crippen LogP contribution in [-0.4, -0.2) is 49.3 Å². The van der Waals surface area contributed by atoms with Crippen LogP contribution >= 0.6 is 7.82 Å². The number of carbonyl (C=O) groups excluding carboxylic acids is 2. The molecule has 0 aliphatic carbocycles. The highest BCUT2D eigenvalue weighted by molar-refractivity contribution is 7.47. The van der Waals surface area contributed by atoms with Crippen molar-refractivity contribution in [1.29, 1.82) is 0 Å². The Balaban J connectivity index is 3.87. The fraction of sp³-hybridized carbons (Fsp3) is 0.763. The molecule has 10 heteroatoms. The molecule has 3 N–H and O–H groups in total. The highest BCUT2D eigenvalue weighted by Gasteiger charge is 2.26. The third-order valence-electron chi connectivity index (χ3n) is 15.7. The number of hydrogen-bond donors (Lipinski definition) is 2. The van der Waals surface area contributed by atoms with E-state index in [9.17, 15) is 19.0 Å². The van der Waals surface area contributed by atoms with E-state index >= 15 is 0 Å². The van der Waals surface area contributed by atoms with Crippen molar-refractivity contribution in [3.63, 3.8) is 0 Å². The first-order valence-electron chi connectivity index (χ1n) is 36.2. The summed E-state index contributed by atoms with van der Waals surface area (Å²) in [5.41, 5.74) is 5.40. The maximum atomic E-state index is 12.7. The summed E-state index contributed by atoms with van der Waals surface area (Å²) in [6.07, 6.45) is 96.8. The lowest BCUT2D eigenvalue weighted by Gasteiger charge is -2.19. The molecule has 0 aromatic rings. The van der Waals surface area contributed by atoms with Gasteiger partial charge in [0.05, 0.1) is 13.2 Å². The van der Waals surface area contributed by atoms with Gasteiger partial charge in [0.2, 0.25) is 0 Å². The average molecular weight is 1220 g/mol. The van der Waals surface area contributed by atoms with Gasteiger partial charge in [-0.15, -0.1) is 0 Å². The number of rotatable bonds is 68. The standard InChI is InChI=1S/C76H136NO8P/c1-3-5-7-9-11-13-15-17-19-21-23-25-27-29-31-32-33-34-35-36-37-38-39-40-41-43-44-46-48-50-52-54-56-58-60-62-64-66-68-75(78)82-72-74(73-84-86(80,81)83-71-70-77)85-76(79)69-67-65-63-61-59-57-55-53-51-49-47-45-42-30-28-26-24-22-20-18-16-14-12-10-8-6-4-2/h6,8,12,14,18,20,24,26,30,42,47,49,53,55,59,61,74H,3-5,7,9-11,13,15-17,19,21-23,25,27-29,31-41,43-46,48,50-52,54,56-58,60,62-73,77H2,1-2H3,(H,80,81)/b8-6-,14-12-,20-18-,26-24-,42-30-,49-47-,55-53-,61-59-. The van der Waals surface area contributed by atoms with Crippen LogP contribution in [-0.2, 0) is 32.7 Å². The maximum absolute atomic E-state index is 12.7. The molecule has 0 aromatic carbocycles. The van der Waals surface area contributed by atoms with Crippen LogP contribution in [0.4, 0.5) is 0 Å². The second kappa shape index (κ2) is 71.0. The molecule has 0 radical (unpaired) electrons. The van der Waals surface area contributed by atoms with E-state index in [0.29, 0.717) is 6.42 Å². The molecule has 498 valence electrons. The number of phosphoric ester groups is 1. The molecule has 0 aliphatic rings. The van der Waals surface area contributed by atoms with Crippen molar-refractivity contribution in [3.05, 3.63) is 97.2 Å². The molecule has 0 heterocycles. The number of unbranched alkanes of at least 4 members (excludes halogenated alkanes) is 39. The molecule has 0 saturated heterocycles. The van der Waals surface area contributed by atoms with Crippen LogP contribution in [0.2, 0.25) is 0 Å². The molecule has 9 nitrogen and oxygen atoms in total. The Labute approximate surface area is 531 Å². The fourth-order valence-electron chi connectivity index (χ4n) is 10.4. The number of allylic oxidation sites excluding steroid dienone is 16. The average Bonchev–Trinajstić information content (AvgIpc) is 3.60. The zero-order valence-electron chi connectivity index (χ0n) is 56.0. The van der Waals surface area contributed by atoms with Crippen LogP contribution in [0.25, 0.3) is 0 Å². The van der Waals surface area contributed by atoms with E-state index in [1.165, 1.54) is 225 Å². The Morgan fingerprint density at radius 2 is 0.640 bits per heavy atom. The van der Waals surface area contributed by atoms with E-state index in [1.54, 1.807) is 0 Å². The summed E-state index contributed by atoms with van der Waals surface area (Å²) in [6.45, 7) is 3.62. The van der Waals surface area contributed by atoms with Crippen molar-refractivity contribution in [2.75, 3.05) is 26.4 Å². The predicted molar refractivity (Wildman–Crippen MR) is 372 cm³/mol. The zero-order valence-corrected chi connectivity index (χ0v) is 56.9. The van der Waals surface area contributed by atoms with Crippen LogP contribution in [0, 0.1) is 0 Å². The minimum Gasteiger partial charge on any atom is -0.462 e. The summed E-state index contributed by atoms with van der Waals surface area (Å²) in [6, 6.07) is 0. The Kier molecular flexibility index (Phi) is 68.5. The van der Waals surface area contributed by atoms with Crippen molar-refractivity contribution < 1.29 is 37.6 Å². The zero-order chi connectivity index (χ0) is 62.3. The van der Waals surface area contributed by atoms with Crippen molar-refractivity contribution in [3.8, 4) is 0 Å². The summed E-state index contributed by atoms with van der Waals surface area (Å²) >= 11 is 0. The summed E-state index contributed by atoms with van der Waals surface area (Å²) in [7, 11) is -4.41. The number of carbonyl (C=O) groups is 2. The first-order chi connectivity index (χ1) is 42.3. The number of esters is 2. The van der Waals surface area contributed by atoms with Gasteiger partial charge >= 0.3 is 19.8 Å². The van der Waals surface area contributed by atoms with Gasteiger partial charge in [-0.3, -0.25) is 18.6 Å². The molecule has 0 saturated carbocycles.